The number of nitrogens with two attached hydrogens (primary N) is 1. The molecule has 2 aromatic heterocycles. The highest BCUT2D eigenvalue weighted by Gasteiger charge is 2.20. The summed E-state index contributed by atoms with van der Waals surface area (Å²) in [5.41, 5.74) is 9.85. The summed E-state index contributed by atoms with van der Waals surface area (Å²) in [6.07, 6.45) is 1.56. The van der Waals surface area contributed by atoms with E-state index in [9.17, 15) is 4.39 Å². The third-order valence-electron chi connectivity index (χ3n) is 6.44. The van der Waals surface area contributed by atoms with Crippen molar-refractivity contribution in [2.24, 2.45) is 0 Å². The number of nitrogens with one attached hydrogen (secondary N) is 1. The SMILES string of the molecule is COc1ccc(CN(Cc2ccc(OC)cc2)c2nc(NCc3ccccc3F)c(N)c(-c3ccco3)n2)cc1. The number of benzene rings is 3. The molecule has 204 valence electrons. The molecule has 5 rings (SSSR count). The summed E-state index contributed by atoms with van der Waals surface area (Å²) in [7, 11) is 3.28. The molecule has 0 saturated heterocycles. The molecule has 0 fully saturated rings. The number of furan rings is 1. The van der Waals surface area contributed by atoms with Crippen molar-refractivity contribution in [3.05, 3.63) is 114 Å². The van der Waals surface area contributed by atoms with Gasteiger partial charge < -0.3 is 29.8 Å². The standard InChI is InChI=1S/C31H30FN5O3/c1-38-24-13-9-21(10-14-24)19-37(20-22-11-15-25(39-2)16-12-22)31-35-29(27-8-5-17-40-27)28(33)30(36-31)34-18-23-6-3-4-7-26(23)32/h3-17H,18-20,33H2,1-2H3,(H,34,35,36). The molecule has 3 N–H and O–H groups in total. The van der Waals surface area contributed by atoms with Crippen molar-refractivity contribution in [1.82, 2.24) is 9.97 Å². The second kappa shape index (κ2) is 12.2. The van der Waals surface area contributed by atoms with Crippen molar-refractivity contribution >= 4 is 17.5 Å². The fourth-order valence-corrected chi connectivity index (χ4v) is 4.26. The van der Waals surface area contributed by atoms with Crippen LogP contribution in [0.3, 0.4) is 0 Å². The Morgan fingerprint density at radius 2 is 1.45 bits per heavy atom. The van der Waals surface area contributed by atoms with E-state index >= 15 is 0 Å². The number of hydrogen-bond donors (Lipinski definition) is 2. The number of nitrogen functional groups attached to an aromatic ring is 1. The molecule has 8 nitrogen and oxygen atoms in total. The fraction of sp³-hybridized carbons (Fsp3) is 0.161. The lowest BCUT2D eigenvalue weighted by atomic mass is 10.1. The molecule has 0 saturated carbocycles. The first-order chi connectivity index (χ1) is 19.5. The van der Waals surface area contributed by atoms with E-state index in [0.29, 0.717) is 47.6 Å². The molecule has 0 atom stereocenters. The van der Waals surface area contributed by atoms with Gasteiger partial charge in [-0.1, -0.05) is 42.5 Å². The van der Waals surface area contributed by atoms with E-state index in [1.807, 2.05) is 53.4 Å². The first kappa shape index (κ1) is 26.6. The Morgan fingerprint density at radius 1 is 0.825 bits per heavy atom. The van der Waals surface area contributed by atoms with E-state index in [-0.39, 0.29) is 12.4 Å². The van der Waals surface area contributed by atoms with Crippen molar-refractivity contribution in [3.63, 3.8) is 0 Å². The van der Waals surface area contributed by atoms with Gasteiger partial charge in [0, 0.05) is 25.2 Å². The molecule has 40 heavy (non-hydrogen) atoms. The average Bonchev–Trinajstić information content (AvgIpc) is 3.53. The molecule has 5 aromatic rings. The minimum atomic E-state index is -0.310. The Morgan fingerprint density at radius 3 is 2.00 bits per heavy atom. The maximum absolute atomic E-state index is 14.4. The zero-order valence-electron chi connectivity index (χ0n) is 22.3. The van der Waals surface area contributed by atoms with Crippen LogP contribution < -0.4 is 25.4 Å². The van der Waals surface area contributed by atoms with E-state index in [4.69, 9.17) is 29.6 Å². The molecule has 0 aliphatic heterocycles. The Bertz CT molecular complexity index is 1490. The number of nitrogens with zero attached hydrogens (tertiary/aromatic N) is 3. The average molecular weight is 540 g/mol. The normalized spacial score (nSPS) is 10.8. The van der Waals surface area contributed by atoms with Crippen molar-refractivity contribution in [3.8, 4) is 23.0 Å². The largest absolute Gasteiger partial charge is 0.497 e. The monoisotopic (exact) mass is 539 g/mol. The highest BCUT2D eigenvalue weighted by molar-refractivity contribution is 5.79. The number of hydrogen-bond acceptors (Lipinski definition) is 8. The lowest BCUT2D eigenvalue weighted by Gasteiger charge is -2.25. The van der Waals surface area contributed by atoms with Gasteiger partial charge in [0.2, 0.25) is 5.95 Å². The van der Waals surface area contributed by atoms with Gasteiger partial charge in [0.1, 0.15) is 28.7 Å². The van der Waals surface area contributed by atoms with E-state index in [1.54, 1.807) is 50.8 Å². The summed E-state index contributed by atoms with van der Waals surface area (Å²) < 4.78 is 30.7. The van der Waals surface area contributed by atoms with E-state index < -0.39 is 0 Å². The zero-order chi connectivity index (χ0) is 27.9. The van der Waals surface area contributed by atoms with Crippen LogP contribution in [0.5, 0.6) is 11.5 Å². The Balaban J connectivity index is 1.54. The molecule has 0 unspecified atom stereocenters. The third-order valence-corrected chi connectivity index (χ3v) is 6.44. The van der Waals surface area contributed by atoms with Crippen LogP contribution in [-0.2, 0) is 19.6 Å². The highest BCUT2D eigenvalue weighted by Crippen LogP contribution is 2.33. The van der Waals surface area contributed by atoms with Gasteiger partial charge in [0.25, 0.3) is 0 Å². The van der Waals surface area contributed by atoms with Crippen LogP contribution in [0.1, 0.15) is 16.7 Å². The number of ether oxygens (including phenoxy) is 2. The van der Waals surface area contributed by atoms with Gasteiger partial charge in [0.05, 0.1) is 20.5 Å². The summed E-state index contributed by atoms with van der Waals surface area (Å²) in [6, 6.07) is 25.8. The number of halogens is 1. The van der Waals surface area contributed by atoms with E-state index in [2.05, 4.69) is 5.32 Å². The minimum Gasteiger partial charge on any atom is -0.497 e. The van der Waals surface area contributed by atoms with Crippen LogP contribution >= 0.6 is 0 Å². The first-order valence-electron chi connectivity index (χ1n) is 12.7. The van der Waals surface area contributed by atoms with Crippen LogP contribution in [0.25, 0.3) is 11.5 Å². The van der Waals surface area contributed by atoms with Crippen LogP contribution in [0.4, 0.5) is 21.8 Å². The van der Waals surface area contributed by atoms with Crippen LogP contribution in [-0.4, -0.2) is 24.2 Å². The van der Waals surface area contributed by atoms with Crippen LogP contribution in [0, 0.1) is 5.82 Å². The molecule has 9 heteroatoms. The smallest absolute Gasteiger partial charge is 0.228 e. The second-order valence-electron chi connectivity index (χ2n) is 9.11. The molecular formula is C31H30FN5O3. The van der Waals surface area contributed by atoms with Gasteiger partial charge in [-0.25, -0.2) is 9.37 Å². The highest BCUT2D eigenvalue weighted by atomic mass is 19.1. The molecule has 0 spiro atoms. The quantitative estimate of drug-likeness (QED) is 0.202. The molecule has 0 aliphatic rings. The lowest BCUT2D eigenvalue weighted by molar-refractivity contribution is 0.414. The molecule has 0 bridgehead atoms. The summed E-state index contributed by atoms with van der Waals surface area (Å²) >= 11 is 0. The molecular weight excluding hydrogens is 509 g/mol. The Hall–Kier alpha value is -5.05. The van der Waals surface area contributed by atoms with E-state index in [1.165, 1.54) is 6.07 Å². The maximum atomic E-state index is 14.4. The van der Waals surface area contributed by atoms with Crippen molar-refractivity contribution in [2.45, 2.75) is 19.6 Å². The van der Waals surface area contributed by atoms with Crippen LogP contribution in [0.2, 0.25) is 0 Å². The van der Waals surface area contributed by atoms with Gasteiger partial charge in [-0.3, -0.25) is 0 Å². The van der Waals surface area contributed by atoms with Crippen molar-refractivity contribution < 1.29 is 18.3 Å². The third kappa shape index (κ3) is 6.15. The molecule has 0 amide bonds. The lowest BCUT2D eigenvalue weighted by Crippen LogP contribution is -2.25. The number of methoxy groups -OCH3 is 2. The van der Waals surface area contributed by atoms with Gasteiger partial charge in [0.15, 0.2) is 11.6 Å². The van der Waals surface area contributed by atoms with Gasteiger partial charge in [-0.05, 0) is 53.6 Å². The predicted molar refractivity (Wildman–Crippen MR) is 154 cm³/mol. The minimum absolute atomic E-state index is 0.196. The summed E-state index contributed by atoms with van der Waals surface area (Å²) in [5.74, 6) is 2.55. The number of anilines is 3. The predicted octanol–water partition coefficient (Wildman–Crippen LogP) is 6.29. The van der Waals surface area contributed by atoms with Gasteiger partial charge >= 0.3 is 0 Å². The molecule has 0 aliphatic carbocycles. The molecule has 0 radical (unpaired) electrons. The summed E-state index contributed by atoms with van der Waals surface area (Å²) in [5, 5.41) is 3.21. The topological polar surface area (TPSA) is 98.7 Å². The Labute approximate surface area is 232 Å². The number of aromatic nitrogens is 2. The zero-order valence-corrected chi connectivity index (χ0v) is 22.3. The van der Waals surface area contributed by atoms with Gasteiger partial charge in [-0.2, -0.15) is 4.98 Å². The fourth-order valence-electron chi connectivity index (χ4n) is 4.26. The second-order valence-corrected chi connectivity index (χ2v) is 9.11. The van der Waals surface area contributed by atoms with Gasteiger partial charge in [-0.15, -0.1) is 0 Å². The summed E-state index contributed by atoms with van der Waals surface area (Å²) in [4.78, 5) is 11.7. The van der Waals surface area contributed by atoms with Crippen molar-refractivity contribution in [2.75, 3.05) is 30.2 Å². The molecule has 3 aromatic carbocycles. The maximum Gasteiger partial charge on any atom is 0.228 e. The molecule has 2 heterocycles. The summed E-state index contributed by atoms with van der Waals surface area (Å²) in [6.45, 7) is 1.20. The first-order valence-corrected chi connectivity index (χ1v) is 12.7. The van der Waals surface area contributed by atoms with Crippen molar-refractivity contribution in [1.29, 1.82) is 0 Å². The Kier molecular flexibility index (Phi) is 8.10. The number of rotatable bonds is 11. The van der Waals surface area contributed by atoms with Crippen LogP contribution in [0.15, 0.2) is 95.6 Å². The van der Waals surface area contributed by atoms with E-state index in [0.717, 1.165) is 22.6 Å².